The van der Waals surface area contributed by atoms with E-state index in [-0.39, 0.29) is 42.1 Å². The number of rotatable bonds is 10. The van der Waals surface area contributed by atoms with Gasteiger partial charge in [0.2, 0.25) is 17.7 Å². The highest BCUT2D eigenvalue weighted by Crippen LogP contribution is 2.34. The maximum Gasteiger partial charge on any atom is 0.243 e. The van der Waals surface area contributed by atoms with Gasteiger partial charge in [-0.25, -0.2) is 0 Å². The second-order valence-electron chi connectivity index (χ2n) is 10.4. The Hall–Kier alpha value is -3.88. The summed E-state index contributed by atoms with van der Waals surface area (Å²) in [6.45, 7) is 6.73. The number of carbonyl (C=O) groups excluding carboxylic acids is 3. The van der Waals surface area contributed by atoms with E-state index in [1.54, 1.807) is 17.3 Å². The van der Waals surface area contributed by atoms with Crippen LogP contribution in [0, 0.1) is 5.41 Å². The Kier molecular flexibility index (Phi) is 8.11. The highest BCUT2D eigenvalue weighted by atomic mass is 16.5. The van der Waals surface area contributed by atoms with Gasteiger partial charge in [-0.3, -0.25) is 19.4 Å². The van der Waals surface area contributed by atoms with Crippen molar-refractivity contribution in [1.82, 2.24) is 25.5 Å². The van der Waals surface area contributed by atoms with E-state index in [0.717, 1.165) is 22.3 Å². The third-order valence-electron chi connectivity index (χ3n) is 6.61. The van der Waals surface area contributed by atoms with Crippen LogP contribution in [0.1, 0.15) is 51.8 Å². The normalized spacial score (nSPS) is 17.4. The second-order valence-corrected chi connectivity index (χ2v) is 10.4. The van der Waals surface area contributed by atoms with E-state index in [1.807, 2.05) is 63.2 Å². The van der Waals surface area contributed by atoms with Crippen LogP contribution in [-0.4, -0.2) is 58.3 Å². The molecule has 196 valence electrons. The largest absolute Gasteiger partial charge is 0.494 e. The first-order chi connectivity index (χ1) is 17.7. The van der Waals surface area contributed by atoms with Gasteiger partial charge in [0.15, 0.2) is 0 Å². The lowest BCUT2D eigenvalue weighted by Gasteiger charge is -2.25. The van der Waals surface area contributed by atoms with Crippen LogP contribution in [0.3, 0.4) is 0 Å². The van der Waals surface area contributed by atoms with Crippen LogP contribution in [0.4, 0.5) is 0 Å². The number of carbonyl (C=O) groups is 3. The molecule has 0 unspecified atom stereocenters. The number of likely N-dealkylation sites (tertiary alicyclic amines) is 1. The van der Waals surface area contributed by atoms with Crippen molar-refractivity contribution in [3.63, 3.8) is 0 Å². The molecule has 3 N–H and O–H groups in total. The Morgan fingerprint density at radius 1 is 1.22 bits per heavy atom. The van der Waals surface area contributed by atoms with Crippen LogP contribution in [0.25, 0.3) is 10.9 Å². The number of H-pyrrole nitrogens is 1. The van der Waals surface area contributed by atoms with E-state index in [1.165, 1.54) is 0 Å². The van der Waals surface area contributed by atoms with Gasteiger partial charge >= 0.3 is 0 Å². The summed E-state index contributed by atoms with van der Waals surface area (Å²) in [5, 5.41) is 6.72. The molecule has 9 nitrogen and oxygen atoms in total. The summed E-state index contributed by atoms with van der Waals surface area (Å²) in [6.07, 6.45) is 4.84. The molecule has 0 radical (unpaired) electrons. The molecule has 2 aromatic heterocycles. The molecule has 1 aromatic carbocycles. The number of fused-ring (bicyclic) bond motifs is 1. The van der Waals surface area contributed by atoms with Crippen LogP contribution in [-0.2, 0) is 14.4 Å². The molecular formula is C28H35N5O4. The van der Waals surface area contributed by atoms with Crippen LogP contribution in [0.2, 0.25) is 0 Å². The zero-order valence-corrected chi connectivity index (χ0v) is 21.6. The van der Waals surface area contributed by atoms with E-state index in [9.17, 15) is 14.4 Å². The van der Waals surface area contributed by atoms with Crippen molar-refractivity contribution >= 4 is 28.6 Å². The Bertz CT molecular complexity index is 1210. The van der Waals surface area contributed by atoms with Crippen LogP contribution < -0.4 is 15.4 Å². The zero-order valence-electron chi connectivity index (χ0n) is 21.6. The smallest absolute Gasteiger partial charge is 0.243 e. The summed E-state index contributed by atoms with van der Waals surface area (Å²) >= 11 is 0. The fourth-order valence-electron chi connectivity index (χ4n) is 4.68. The molecular weight excluding hydrogens is 470 g/mol. The number of ether oxygens (including phenoxy) is 1. The molecule has 1 saturated heterocycles. The van der Waals surface area contributed by atoms with Gasteiger partial charge < -0.3 is 25.3 Å². The molecule has 3 aromatic rings. The third-order valence-corrected chi connectivity index (χ3v) is 6.61. The van der Waals surface area contributed by atoms with Gasteiger partial charge in [-0.2, -0.15) is 0 Å². The second kappa shape index (κ2) is 11.5. The number of aromatic amines is 1. The molecule has 0 saturated carbocycles. The topological polar surface area (TPSA) is 116 Å². The summed E-state index contributed by atoms with van der Waals surface area (Å²) in [7, 11) is 0. The fraction of sp³-hybridized carbons (Fsp3) is 0.429. The molecule has 0 aliphatic carbocycles. The van der Waals surface area contributed by atoms with Crippen LogP contribution in [0.15, 0.2) is 54.9 Å². The van der Waals surface area contributed by atoms with Crippen molar-refractivity contribution in [2.45, 2.75) is 52.1 Å². The van der Waals surface area contributed by atoms with Crippen molar-refractivity contribution in [2.24, 2.45) is 5.41 Å². The summed E-state index contributed by atoms with van der Waals surface area (Å²) in [5.41, 5.74) is 1.62. The Balaban J connectivity index is 1.27. The van der Waals surface area contributed by atoms with Crippen molar-refractivity contribution in [2.75, 3.05) is 19.7 Å². The molecule has 3 heterocycles. The average Bonchev–Trinajstić information content (AvgIpc) is 3.46. The number of hydrogen-bond acceptors (Lipinski definition) is 5. The van der Waals surface area contributed by atoms with Gasteiger partial charge in [0, 0.05) is 42.0 Å². The number of nitrogens with one attached hydrogen (secondary N) is 3. The molecule has 3 amide bonds. The summed E-state index contributed by atoms with van der Waals surface area (Å²) < 4.78 is 5.60. The first kappa shape index (κ1) is 26.2. The molecule has 9 heteroatoms. The van der Waals surface area contributed by atoms with Crippen molar-refractivity contribution < 1.29 is 19.1 Å². The van der Waals surface area contributed by atoms with Gasteiger partial charge in [0.05, 0.1) is 19.2 Å². The molecule has 1 fully saturated rings. The fourth-order valence-corrected chi connectivity index (χ4v) is 4.68. The molecule has 2 atom stereocenters. The first-order valence-electron chi connectivity index (χ1n) is 12.7. The SMILES string of the molecule is C[C@H](NC(=O)[C@@H]1CC(C)(C)CN1C(=O)CNC(=O)CCCOc1ccccc1)c1cc2cnccc2[nH]1. The quantitative estimate of drug-likeness (QED) is 0.366. The molecule has 37 heavy (non-hydrogen) atoms. The minimum absolute atomic E-state index is 0.136. The highest BCUT2D eigenvalue weighted by molar-refractivity contribution is 5.91. The summed E-state index contributed by atoms with van der Waals surface area (Å²) in [5.74, 6) is 0.0813. The van der Waals surface area contributed by atoms with E-state index in [0.29, 0.717) is 26.0 Å². The maximum atomic E-state index is 13.2. The van der Waals surface area contributed by atoms with E-state index in [2.05, 4.69) is 20.6 Å². The minimum Gasteiger partial charge on any atom is -0.494 e. The number of benzene rings is 1. The average molecular weight is 506 g/mol. The lowest BCUT2D eigenvalue weighted by Crippen LogP contribution is -2.49. The van der Waals surface area contributed by atoms with Gasteiger partial charge in [0.25, 0.3) is 0 Å². The van der Waals surface area contributed by atoms with Crippen molar-refractivity contribution in [3.05, 3.63) is 60.6 Å². The van der Waals surface area contributed by atoms with Crippen LogP contribution in [0.5, 0.6) is 5.75 Å². The van der Waals surface area contributed by atoms with Gasteiger partial charge in [-0.15, -0.1) is 0 Å². The Morgan fingerprint density at radius 3 is 2.76 bits per heavy atom. The van der Waals surface area contributed by atoms with Gasteiger partial charge in [-0.1, -0.05) is 32.0 Å². The van der Waals surface area contributed by atoms with Crippen LogP contribution >= 0.6 is 0 Å². The lowest BCUT2D eigenvalue weighted by atomic mass is 9.90. The number of aromatic nitrogens is 2. The number of nitrogens with zero attached hydrogens (tertiary/aromatic N) is 2. The molecule has 4 rings (SSSR count). The monoisotopic (exact) mass is 505 g/mol. The van der Waals surface area contributed by atoms with Crippen molar-refractivity contribution in [1.29, 1.82) is 0 Å². The lowest BCUT2D eigenvalue weighted by molar-refractivity contribution is -0.139. The third kappa shape index (κ3) is 6.87. The number of para-hydroxylation sites is 1. The molecule has 0 spiro atoms. The van der Waals surface area contributed by atoms with Gasteiger partial charge in [0.1, 0.15) is 11.8 Å². The number of amides is 3. The number of hydrogen-bond donors (Lipinski definition) is 3. The first-order valence-corrected chi connectivity index (χ1v) is 12.7. The molecule has 1 aliphatic rings. The Labute approximate surface area is 217 Å². The van der Waals surface area contributed by atoms with E-state index >= 15 is 0 Å². The van der Waals surface area contributed by atoms with Gasteiger partial charge in [-0.05, 0) is 49.4 Å². The molecule has 1 aliphatic heterocycles. The Morgan fingerprint density at radius 2 is 2.00 bits per heavy atom. The van der Waals surface area contributed by atoms with Crippen molar-refractivity contribution in [3.8, 4) is 5.75 Å². The minimum atomic E-state index is -0.591. The predicted molar refractivity (Wildman–Crippen MR) is 141 cm³/mol. The van der Waals surface area contributed by atoms with E-state index in [4.69, 9.17) is 4.74 Å². The number of pyridine rings is 1. The zero-order chi connectivity index (χ0) is 26.4. The summed E-state index contributed by atoms with van der Waals surface area (Å²) in [6, 6.07) is 12.4. The maximum absolute atomic E-state index is 13.2. The molecule has 0 bridgehead atoms. The highest BCUT2D eigenvalue weighted by Gasteiger charge is 2.43. The predicted octanol–water partition coefficient (Wildman–Crippen LogP) is 3.34. The standard InChI is InChI=1S/C28H35N5O4/c1-19(23-14-20-16-29-12-11-22(20)32-23)31-27(36)24-15-28(2,3)18-33(24)26(35)17-30-25(34)10-7-13-37-21-8-5-4-6-9-21/h4-6,8-9,11-12,14,16,19,24,32H,7,10,13,15,17-18H2,1-3H3,(H,30,34)(H,31,36)/t19-,24-/m0/s1. The summed E-state index contributed by atoms with van der Waals surface area (Å²) in [4.78, 5) is 47.6. The van der Waals surface area contributed by atoms with E-state index < -0.39 is 6.04 Å².